The quantitative estimate of drug-likeness (QED) is 0.833. The summed E-state index contributed by atoms with van der Waals surface area (Å²) in [6.45, 7) is 6.16. The van der Waals surface area contributed by atoms with Crippen LogP contribution in [-0.4, -0.2) is 47.0 Å². The third-order valence-corrected chi connectivity index (χ3v) is 4.89. The van der Waals surface area contributed by atoms with E-state index < -0.39 is 0 Å². The molecular formula is C13H24N2OS. The van der Waals surface area contributed by atoms with Crippen LogP contribution in [0.1, 0.15) is 39.5 Å². The summed E-state index contributed by atoms with van der Waals surface area (Å²) in [5, 5.41) is 4.08. The Balaban J connectivity index is 1.86. The summed E-state index contributed by atoms with van der Waals surface area (Å²) in [5.74, 6) is 1.61. The van der Waals surface area contributed by atoms with Crippen molar-refractivity contribution in [1.82, 2.24) is 10.2 Å². The van der Waals surface area contributed by atoms with E-state index in [2.05, 4.69) is 24.1 Å². The molecule has 4 heteroatoms. The van der Waals surface area contributed by atoms with Crippen molar-refractivity contribution in [2.24, 2.45) is 0 Å². The number of rotatable bonds is 4. The van der Waals surface area contributed by atoms with Gasteiger partial charge in [0.25, 0.3) is 0 Å². The van der Waals surface area contributed by atoms with Crippen molar-refractivity contribution in [3.63, 3.8) is 0 Å². The fourth-order valence-electron chi connectivity index (χ4n) is 2.71. The van der Waals surface area contributed by atoms with Gasteiger partial charge in [0.05, 0.1) is 6.04 Å². The molecule has 2 heterocycles. The van der Waals surface area contributed by atoms with Gasteiger partial charge in [-0.3, -0.25) is 4.79 Å². The Hall–Kier alpha value is -0.220. The van der Waals surface area contributed by atoms with Crippen LogP contribution in [0, 0.1) is 0 Å². The highest BCUT2D eigenvalue weighted by atomic mass is 32.2. The summed E-state index contributed by atoms with van der Waals surface area (Å²) in [6.07, 6.45) is 4.76. The zero-order valence-electron chi connectivity index (χ0n) is 10.9. The first-order valence-corrected chi connectivity index (χ1v) is 7.88. The Bertz CT molecular complexity index is 264. The van der Waals surface area contributed by atoms with E-state index >= 15 is 0 Å². The standard InChI is InChI=1S/C13H24N2OS/c1-10(2)14-12-6-3-7-15(13(12)16)9-11-5-4-8-17-11/h10-12,14H,3-9H2,1-2H3. The molecule has 98 valence electrons. The van der Waals surface area contributed by atoms with Gasteiger partial charge < -0.3 is 10.2 Å². The number of carbonyl (C=O) groups is 1. The predicted molar refractivity (Wildman–Crippen MR) is 73.4 cm³/mol. The van der Waals surface area contributed by atoms with Crippen LogP contribution < -0.4 is 5.32 Å². The van der Waals surface area contributed by atoms with Crippen LogP contribution in [0.4, 0.5) is 0 Å². The molecule has 0 aromatic rings. The fraction of sp³-hybridized carbons (Fsp3) is 0.923. The number of thioether (sulfide) groups is 1. The summed E-state index contributed by atoms with van der Waals surface area (Å²) in [4.78, 5) is 14.4. The number of piperidine rings is 1. The number of carbonyl (C=O) groups excluding carboxylic acids is 1. The lowest BCUT2D eigenvalue weighted by Crippen LogP contribution is -2.53. The summed E-state index contributed by atoms with van der Waals surface area (Å²) >= 11 is 2.04. The van der Waals surface area contributed by atoms with Crippen molar-refractivity contribution in [3.8, 4) is 0 Å². The van der Waals surface area contributed by atoms with Crippen molar-refractivity contribution in [2.75, 3.05) is 18.8 Å². The number of nitrogens with one attached hydrogen (secondary N) is 1. The summed E-state index contributed by atoms with van der Waals surface area (Å²) < 4.78 is 0. The maximum absolute atomic E-state index is 12.3. The van der Waals surface area contributed by atoms with E-state index in [1.54, 1.807) is 0 Å². The second-order valence-electron chi connectivity index (χ2n) is 5.44. The molecule has 3 nitrogen and oxygen atoms in total. The van der Waals surface area contributed by atoms with Gasteiger partial charge in [0, 0.05) is 24.4 Å². The number of hydrogen-bond acceptors (Lipinski definition) is 3. The summed E-state index contributed by atoms with van der Waals surface area (Å²) in [7, 11) is 0. The first-order valence-electron chi connectivity index (χ1n) is 6.83. The van der Waals surface area contributed by atoms with E-state index in [-0.39, 0.29) is 6.04 Å². The van der Waals surface area contributed by atoms with Crippen LogP contribution in [0.2, 0.25) is 0 Å². The molecule has 0 bridgehead atoms. The van der Waals surface area contributed by atoms with Gasteiger partial charge in [0.1, 0.15) is 0 Å². The van der Waals surface area contributed by atoms with Gasteiger partial charge in [0.15, 0.2) is 0 Å². The largest absolute Gasteiger partial charge is 0.340 e. The third-order valence-electron chi connectivity index (χ3n) is 3.51. The van der Waals surface area contributed by atoms with Gasteiger partial charge in [-0.15, -0.1) is 0 Å². The molecule has 0 radical (unpaired) electrons. The fourth-order valence-corrected chi connectivity index (χ4v) is 4.00. The van der Waals surface area contributed by atoms with E-state index in [1.807, 2.05) is 11.8 Å². The number of nitrogens with zero attached hydrogens (tertiary/aromatic N) is 1. The number of hydrogen-bond donors (Lipinski definition) is 1. The second-order valence-corrected chi connectivity index (χ2v) is 6.84. The van der Waals surface area contributed by atoms with Crippen molar-refractivity contribution in [1.29, 1.82) is 0 Å². The number of amides is 1. The van der Waals surface area contributed by atoms with E-state index in [9.17, 15) is 4.79 Å². The highest BCUT2D eigenvalue weighted by Crippen LogP contribution is 2.27. The minimum Gasteiger partial charge on any atom is -0.340 e. The highest BCUT2D eigenvalue weighted by molar-refractivity contribution is 8.00. The van der Waals surface area contributed by atoms with Gasteiger partial charge in [-0.1, -0.05) is 13.8 Å². The Morgan fingerprint density at radius 2 is 2.24 bits per heavy atom. The maximum Gasteiger partial charge on any atom is 0.239 e. The lowest BCUT2D eigenvalue weighted by atomic mass is 10.0. The van der Waals surface area contributed by atoms with Crippen LogP contribution in [0.25, 0.3) is 0 Å². The lowest BCUT2D eigenvalue weighted by molar-refractivity contribution is -0.136. The van der Waals surface area contributed by atoms with Crippen LogP contribution in [0.3, 0.4) is 0 Å². The molecule has 0 saturated carbocycles. The minimum absolute atomic E-state index is 0.0650. The molecule has 17 heavy (non-hydrogen) atoms. The summed E-state index contributed by atoms with van der Waals surface area (Å²) in [6, 6.07) is 0.458. The zero-order chi connectivity index (χ0) is 12.3. The van der Waals surface area contributed by atoms with Crippen LogP contribution in [-0.2, 0) is 4.79 Å². The SMILES string of the molecule is CC(C)NC1CCCN(CC2CCCS2)C1=O. The molecule has 1 N–H and O–H groups in total. The molecule has 0 spiro atoms. The first kappa shape index (κ1) is 13.2. The van der Waals surface area contributed by atoms with Gasteiger partial charge in [-0.2, -0.15) is 11.8 Å². The van der Waals surface area contributed by atoms with Crippen molar-refractivity contribution >= 4 is 17.7 Å². The highest BCUT2D eigenvalue weighted by Gasteiger charge is 2.30. The van der Waals surface area contributed by atoms with Crippen LogP contribution in [0.15, 0.2) is 0 Å². The molecule has 2 rings (SSSR count). The van der Waals surface area contributed by atoms with E-state index in [0.717, 1.165) is 25.9 Å². The number of likely N-dealkylation sites (tertiary alicyclic amines) is 1. The average molecular weight is 256 g/mol. The van der Waals surface area contributed by atoms with Crippen LogP contribution >= 0.6 is 11.8 Å². The van der Waals surface area contributed by atoms with Gasteiger partial charge in [0.2, 0.25) is 5.91 Å². The zero-order valence-corrected chi connectivity index (χ0v) is 11.8. The molecule has 2 aliphatic heterocycles. The molecule has 1 amide bonds. The predicted octanol–water partition coefficient (Wildman–Crippen LogP) is 1.87. The van der Waals surface area contributed by atoms with Gasteiger partial charge >= 0.3 is 0 Å². The van der Waals surface area contributed by atoms with Crippen molar-refractivity contribution in [2.45, 2.75) is 56.9 Å². The van der Waals surface area contributed by atoms with E-state index in [1.165, 1.54) is 18.6 Å². The summed E-state index contributed by atoms with van der Waals surface area (Å²) in [5.41, 5.74) is 0. The monoisotopic (exact) mass is 256 g/mol. The third kappa shape index (κ3) is 3.62. The Morgan fingerprint density at radius 1 is 1.41 bits per heavy atom. The van der Waals surface area contributed by atoms with Crippen molar-refractivity contribution < 1.29 is 4.79 Å². The maximum atomic E-state index is 12.3. The molecule has 2 unspecified atom stereocenters. The van der Waals surface area contributed by atoms with E-state index in [4.69, 9.17) is 0 Å². The first-order chi connectivity index (χ1) is 8.16. The average Bonchev–Trinajstić information content (AvgIpc) is 2.76. The topological polar surface area (TPSA) is 32.3 Å². The Labute approximate surface area is 109 Å². The Kier molecular flexibility index (Phi) is 4.74. The molecule has 0 aromatic heterocycles. The molecular weight excluding hydrogens is 232 g/mol. The molecule has 0 aromatic carbocycles. The molecule has 2 saturated heterocycles. The normalized spacial score (nSPS) is 30.3. The van der Waals surface area contributed by atoms with E-state index in [0.29, 0.717) is 17.2 Å². The molecule has 2 aliphatic rings. The van der Waals surface area contributed by atoms with Gasteiger partial charge in [-0.25, -0.2) is 0 Å². The smallest absolute Gasteiger partial charge is 0.239 e. The molecule has 2 fully saturated rings. The molecule has 0 aliphatic carbocycles. The second kappa shape index (κ2) is 6.10. The molecule has 2 atom stereocenters. The van der Waals surface area contributed by atoms with Gasteiger partial charge in [-0.05, 0) is 31.4 Å². The Morgan fingerprint density at radius 3 is 2.88 bits per heavy atom. The van der Waals surface area contributed by atoms with Crippen molar-refractivity contribution in [3.05, 3.63) is 0 Å². The lowest BCUT2D eigenvalue weighted by Gasteiger charge is -2.35. The minimum atomic E-state index is 0.0650. The van der Waals surface area contributed by atoms with Crippen LogP contribution in [0.5, 0.6) is 0 Å².